The Labute approximate surface area is 187 Å². The van der Waals surface area contributed by atoms with Crippen molar-refractivity contribution in [3.05, 3.63) is 58.4 Å². The first-order chi connectivity index (χ1) is 15.2. The number of amides is 2. The highest BCUT2D eigenvalue weighted by Gasteiger charge is 2.32. The van der Waals surface area contributed by atoms with Crippen LogP contribution in [0.1, 0.15) is 41.8 Å². The maximum absolute atomic E-state index is 12.8. The summed E-state index contributed by atoms with van der Waals surface area (Å²) in [5.41, 5.74) is 1.73. The summed E-state index contributed by atoms with van der Waals surface area (Å²) in [4.78, 5) is 28.1. The number of nitrogens with zero attached hydrogens (tertiary/aromatic N) is 1. The van der Waals surface area contributed by atoms with E-state index in [9.17, 15) is 22.8 Å². The topological polar surface area (TPSA) is 92.3 Å². The molecule has 3 rings (SSSR count). The van der Waals surface area contributed by atoms with Gasteiger partial charge >= 0.3 is 6.36 Å². The van der Waals surface area contributed by atoms with Crippen LogP contribution >= 0.6 is 11.6 Å². The van der Waals surface area contributed by atoms with Crippen molar-refractivity contribution in [3.63, 3.8) is 0 Å². The Kier molecular flexibility index (Phi) is 7.57. The van der Waals surface area contributed by atoms with E-state index in [-0.39, 0.29) is 18.2 Å². The van der Waals surface area contributed by atoms with Gasteiger partial charge in [-0.2, -0.15) is 0 Å². The molecule has 1 fully saturated rings. The molecule has 1 aliphatic rings. The number of halogens is 4. The van der Waals surface area contributed by atoms with Crippen LogP contribution in [-0.4, -0.2) is 43.3 Å². The van der Waals surface area contributed by atoms with Crippen molar-refractivity contribution in [2.75, 3.05) is 13.6 Å². The summed E-state index contributed by atoms with van der Waals surface area (Å²) in [6.45, 7) is 0.0539. The number of hydrogen-bond acceptors (Lipinski definition) is 5. The van der Waals surface area contributed by atoms with Crippen LogP contribution in [0.15, 0.2) is 36.4 Å². The Morgan fingerprint density at radius 1 is 1.25 bits per heavy atom. The Hall–Kier alpha value is -2.85. The lowest BCUT2D eigenvalue weighted by atomic mass is 10.0. The van der Waals surface area contributed by atoms with Gasteiger partial charge in [-0.15, -0.1) is 13.2 Å². The molecule has 1 aliphatic carbocycles. The van der Waals surface area contributed by atoms with Gasteiger partial charge in [0.25, 0.3) is 0 Å². The van der Waals surface area contributed by atoms with Gasteiger partial charge in [0.1, 0.15) is 11.8 Å². The minimum Gasteiger partial charge on any atom is -0.406 e. The third-order valence-electron chi connectivity index (χ3n) is 4.96. The average molecular weight is 471 g/mol. The molecule has 1 saturated carbocycles. The van der Waals surface area contributed by atoms with E-state index < -0.39 is 24.4 Å². The van der Waals surface area contributed by atoms with Crippen LogP contribution in [0.5, 0.6) is 5.75 Å². The van der Waals surface area contributed by atoms with Gasteiger partial charge in [0.05, 0.1) is 22.5 Å². The highest BCUT2D eigenvalue weighted by Crippen LogP contribution is 2.42. The Morgan fingerprint density at radius 3 is 2.50 bits per heavy atom. The molecule has 2 unspecified atom stereocenters. The van der Waals surface area contributed by atoms with Gasteiger partial charge in [-0.05, 0) is 49.7 Å². The lowest BCUT2D eigenvalue weighted by Gasteiger charge is -2.23. The number of carbonyl (C=O) groups excluding carboxylic acids is 2. The summed E-state index contributed by atoms with van der Waals surface area (Å²) in [6.07, 6.45) is -2.39. The zero-order valence-electron chi connectivity index (χ0n) is 17.1. The van der Waals surface area contributed by atoms with E-state index in [0.29, 0.717) is 22.7 Å². The quantitative estimate of drug-likeness (QED) is 0.464. The van der Waals surface area contributed by atoms with E-state index >= 15 is 0 Å². The summed E-state index contributed by atoms with van der Waals surface area (Å²) in [5.74, 6) is -0.548. The number of ether oxygens (including phenoxy) is 1. The molecule has 1 aromatic carbocycles. The summed E-state index contributed by atoms with van der Waals surface area (Å²) in [7, 11) is 1.57. The van der Waals surface area contributed by atoms with Crippen LogP contribution in [0.25, 0.3) is 0 Å². The first-order valence-corrected chi connectivity index (χ1v) is 10.3. The number of hydrogen-bond donors (Lipinski definition) is 3. The molecule has 0 spiro atoms. The standard InChI is InChI=1S/C21H22ClF3N4O3/c1-26-17(10-27-11-30)20(31)29-19(13-4-6-14(7-5-13)32-21(23,24)25)16-9-8-15(22)18(28-16)12-2-3-12/h4-9,11-12,17,19,26H,2-3,10H2,1H3,(H,27,30)(H,29,31). The number of likely N-dealkylation sites (N-methyl/N-ethyl adjacent to an activating group) is 1. The fraction of sp³-hybridized carbons (Fsp3) is 0.381. The van der Waals surface area contributed by atoms with E-state index in [2.05, 4.69) is 25.7 Å². The molecule has 1 aromatic heterocycles. The van der Waals surface area contributed by atoms with Gasteiger partial charge in [-0.25, -0.2) is 0 Å². The van der Waals surface area contributed by atoms with E-state index in [1.54, 1.807) is 19.2 Å². The third-order valence-corrected chi connectivity index (χ3v) is 5.28. The van der Waals surface area contributed by atoms with Gasteiger partial charge in [0, 0.05) is 12.5 Å². The summed E-state index contributed by atoms with van der Waals surface area (Å²) in [6, 6.07) is 7.06. The molecule has 3 N–H and O–H groups in total. The van der Waals surface area contributed by atoms with Crippen LogP contribution in [0.2, 0.25) is 5.02 Å². The maximum atomic E-state index is 12.8. The first kappa shape index (κ1) is 23.8. The molecule has 32 heavy (non-hydrogen) atoms. The fourth-order valence-electron chi connectivity index (χ4n) is 3.20. The number of carbonyl (C=O) groups is 2. The number of rotatable bonds is 10. The molecule has 1 heterocycles. The number of aromatic nitrogens is 1. The van der Waals surface area contributed by atoms with Gasteiger partial charge in [-0.3, -0.25) is 14.6 Å². The SMILES string of the molecule is CNC(CNC=O)C(=O)NC(c1ccc(OC(F)(F)F)cc1)c1ccc(Cl)c(C2CC2)n1. The minimum absolute atomic E-state index is 0.0539. The molecule has 0 radical (unpaired) electrons. The Balaban J connectivity index is 1.91. The zero-order valence-corrected chi connectivity index (χ0v) is 17.8. The molecule has 2 atom stereocenters. The van der Waals surface area contributed by atoms with E-state index in [4.69, 9.17) is 11.6 Å². The van der Waals surface area contributed by atoms with Crippen molar-refractivity contribution < 1.29 is 27.5 Å². The summed E-state index contributed by atoms with van der Waals surface area (Å²) >= 11 is 6.28. The number of pyridine rings is 1. The average Bonchev–Trinajstić information content (AvgIpc) is 3.58. The highest BCUT2D eigenvalue weighted by molar-refractivity contribution is 6.31. The second-order valence-electron chi connectivity index (χ2n) is 7.30. The van der Waals surface area contributed by atoms with Gasteiger partial charge < -0.3 is 20.7 Å². The fourth-order valence-corrected chi connectivity index (χ4v) is 3.46. The predicted molar refractivity (Wildman–Crippen MR) is 111 cm³/mol. The van der Waals surface area contributed by atoms with Crippen molar-refractivity contribution in [3.8, 4) is 5.75 Å². The van der Waals surface area contributed by atoms with Crippen molar-refractivity contribution >= 4 is 23.9 Å². The smallest absolute Gasteiger partial charge is 0.406 e. The second kappa shape index (κ2) is 10.2. The van der Waals surface area contributed by atoms with Crippen molar-refractivity contribution in [1.29, 1.82) is 0 Å². The molecule has 0 saturated heterocycles. The van der Waals surface area contributed by atoms with E-state index in [1.165, 1.54) is 24.3 Å². The molecule has 2 amide bonds. The summed E-state index contributed by atoms with van der Waals surface area (Å²) in [5, 5.41) is 8.63. The molecule has 7 nitrogen and oxygen atoms in total. The maximum Gasteiger partial charge on any atom is 0.573 e. The van der Waals surface area contributed by atoms with Crippen LogP contribution in [0.3, 0.4) is 0 Å². The van der Waals surface area contributed by atoms with Crippen LogP contribution in [0, 0.1) is 0 Å². The van der Waals surface area contributed by atoms with Crippen molar-refractivity contribution in [1.82, 2.24) is 20.9 Å². The summed E-state index contributed by atoms with van der Waals surface area (Å²) < 4.78 is 41.4. The lowest BCUT2D eigenvalue weighted by molar-refractivity contribution is -0.274. The van der Waals surface area contributed by atoms with Crippen molar-refractivity contribution in [2.24, 2.45) is 0 Å². The molecule has 11 heteroatoms. The van der Waals surface area contributed by atoms with Gasteiger partial charge in [0.15, 0.2) is 0 Å². The van der Waals surface area contributed by atoms with Crippen molar-refractivity contribution in [2.45, 2.75) is 37.2 Å². The molecule has 0 aliphatic heterocycles. The second-order valence-corrected chi connectivity index (χ2v) is 7.71. The molecule has 172 valence electrons. The Bertz CT molecular complexity index is 952. The highest BCUT2D eigenvalue weighted by atomic mass is 35.5. The Morgan fingerprint density at radius 2 is 1.94 bits per heavy atom. The van der Waals surface area contributed by atoms with E-state index in [1.807, 2.05) is 0 Å². The molecule has 0 bridgehead atoms. The number of alkyl halides is 3. The number of benzene rings is 1. The normalized spacial score (nSPS) is 15.5. The number of nitrogens with one attached hydrogen (secondary N) is 3. The van der Waals surface area contributed by atoms with E-state index in [0.717, 1.165) is 18.5 Å². The van der Waals surface area contributed by atoms with Gasteiger partial charge in [-0.1, -0.05) is 23.7 Å². The van der Waals surface area contributed by atoms with Crippen LogP contribution in [0.4, 0.5) is 13.2 Å². The van der Waals surface area contributed by atoms with Gasteiger partial charge in [0.2, 0.25) is 12.3 Å². The minimum atomic E-state index is -4.81. The molecular weight excluding hydrogens is 449 g/mol. The largest absolute Gasteiger partial charge is 0.573 e. The van der Waals surface area contributed by atoms with Crippen LogP contribution < -0.4 is 20.7 Å². The van der Waals surface area contributed by atoms with Crippen LogP contribution in [-0.2, 0) is 9.59 Å². The lowest BCUT2D eigenvalue weighted by Crippen LogP contribution is -2.49. The third kappa shape index (κ3) is 6.33. The molecular formula is C21H22ClF3N4O3. The molecule has 2 aromatic rings. The predicted octanol–water partition coefficient (Wildman–Crippen LogP) is 3.05. The zero-order chi connectivity index (χ0) is 23.3. The first-order valence-electron chi connectivity index (χ1n) is 9.88. The monoisotopic (exact) mass is 470 g/mol.